The first-order chi connectivity index (χ1) is 8.27. The Morgan fingerprint density at radius 2 is 1.94 bits per heavy atom. The second-order valence-corrected chi connectivity index (χ2v) is 5.20. The molecule has 0 radical (unpaired) electrons. The molecule has 0 aliphatic heterocycles. The van der Waals surface area contributed by atoms with E-state index in [4.69, 9.17) is 0 Å². The molecule has 1 atom stereocenters. The lowest BCUT2D eigenvalue weighted by Crippen LogP contribution is -2.34. The molecule has 1 aromatic rings. The highest BCUT2D eigenvalue weighted by Crippen LogP contribution is 2.26. The SMILES string of the molecule is C[C@@H](NCc1ccccc1O)C1CCCCC1. The normalized spacial score (nSPS) is 19.1. The highest BCUT2D eigenvalue weighted by molar-refractivity contribution is 5.31. The molecule has 1 aliphatic rings. The van der Waals surface area contributed by atoms with Gasteiger partial charge in [0.05, 0.1) is 0 Å². The molecule has 0 heterocycles. The first-order valence-electron chi connectivity index (χ1n) is 6.77. The van der Waals surface area contributed by atoms with Gasteiger partial charge < -0.3 is 10.4 Å². The van der Waals surface area contributed by atoms with Gasteiger partial charge in [-0.1, -0.05) is 37.5 Å². The molecule has 0 spiro atoms. The molecule has 1 saturated carbocycles. The van der Waals surface area contributed by atoms with Crippen molar-refractivity contribution in [2.75, 3.05) is 0 Å². The van der Waals surface area contributed by atoms with Crippen molar-refractivity contribution in [2.45, 2.75) is 51.6 Å². The number of rotatable bonds is 4. The fraction of sp³-hybridized carbons (Fsp3) is 0.600. The topological polar surface area (TPSA) is 32.3 Å². The number of benzene rings is 1. The molecule has 0 unspecified atom stereocenters. The van der Waals surface area contributed by atoms with Crippen molar-refractivity contribution in [3.8, 4) is 5.75 Å². The second kappa shape index (κ2) is 6.06. The molecule has 2 N–H and O–H groups in total. The van der Waals surface area contributed by atoms with Gasteiger partial charge in [-0.25, -0.2) is 0 Å². The smallest absolute Gasteiger partial charge is 0.120 e. The molecule has 1 fully saturated rings. The third-order valence-electron chi connectivity index (χ3n) is 3.96. The number of hydrogen-bond donors (Lipinski definition) is 2. The highest BCUT2D eigenvalue weighted by Gasteiger charge is 2.19. The van der Waals surface area contributed by atoms with Crippen molar-refractivity contribution in [1.82, 2.24) is 5.32 Å². The van der Waals surface area contributed by atoms with Gasteiger partial charge in [-0.2, -0.15) is 0 Å². The number of nitrogens with one attached hydrogen (secondary N) is 1. The Kier molecular flexibility index (Phi) is 4.43. The highest BCUT2D eigenvalue weighted by atomic mass is 16.3. The fourth-order valence-corrected chi connectivity index (χ4v) is 2.73. The lowest BCUT2D eigenvalue weighted by atomic mass is 9.84. The zero-order valence-electron chi connectivity index (χ0n) is 10.7. The van der Waals surface area contributed by atoms with E-state index in [0.717, 1.165) is 18.0 Å². The predicted octanol–water partition coefficient (Wildman–Crippen LogP) is 3.45. The minimum atomic E-state index is 0.399. The summed E-state index contributed by atoms with van der Waals surface area (Å²) in [5.41, 5.74) is 0.996. The fourth-order valence-electron chi connectivity index (χ4n) is 2.73. The summed E-state index contributed by atoms with van der Waals surface area (Å²) in [6.07, 6.45) is 6.88. The largest absolute Gasteiger partial charge is 0.508 e. The number of para-hydroxylation sites is 1. The Hall–Kier alpha value is -1.02. The van der Waals surface area contributed by atoms with Gasteiger partial charge in [-0.3, -0.25) is 0 Å². The van der Waals surface area contributed by atoms with Crippen LogP contribution >= 0.6 is 0 Å². The molecule has 0 amide bonds. The Bertz CT molecular complexity index is 345. The second-order valence-electron chi connectivity index (χ2n) is 5.20. The van der Waals surface area contributed by atoms with Gasteiger partial charge in [0.25, 0.3) is 0 Å². The molecule has 0 saturated heterocycles. The van der Waals surface area contributed by atoms with Crippen molar-refractivity contribution in [2.24, 2.45) is 5.92 Å². The predicted molar refractivity (Wildman–Crippen MR) is 71.0 cm³/mol. The van der Waals surface area contributed by atoms with Crippen LogP contribution in [0.4, 0.5) is 0 Å². The summed E-state index contributed by atoms with van der Waals surface area (Å²) in [5.74, 6) is 1.21. The Labute approximate surface area is 104 Å². The van der Waals surface area contributed by atoms with Gasteiger partial charge in [0.2, 0.25) is 0 Å². The Morgan fingerprint density at radius 1 is 1.24 bits per heavy atom. The van der Waals surface area contributed by atoms with Gasteiger partial charge in [0, 0.05) is 18.2 Å². The summed E-state index contributed by atoms with van der Waals surface area (Å²) in [5, 5.41) is 13.2. The van der Waals surface area contributed by atoms with Crippen molar-refractivity contribution < 1.29 is 5.11 Å². The van der Waals surface area contributed by atoms with Gasteiger partial charge in [0.15, 0.2) is 0 Å². The molecule has 1 aliphatic carbocycles. The van der Waals surface area contributed by atoms with Gasteiger partial charge >= 0.3 is 0 Å². The third-order valence-corrected chi connectivity index (χ3v) is 3.96. The van der Waals surface area contributed by atoms with Crippen molar-refractivity contribution >= 4 is 0 Å². The van der Waals surface area contributed by atoms with Gasteiger partial charge in [-0.15, -0.1) is 0 Å². The van der Waals surface area contributed by atoms with E-state index in [1.54, 1.807) is 6.07 Å². The maximum atomic E-state index is 9.69. The van der Waals surface area contributed by atoms with Crippen LogP contribution in [-0.2, 0) is 6.54 Å². The summed E-state index contributed by atoms with van der Waals surface area (Å²) in [6, 6.07) is 8.12. The van der Waals surface area contributed by atoms with Crippen molar-refractivity contribution in [1.29, 1.82) is 0 Å². The number of phenols is 1. The van der Waals surface area contributed by atoms with Crippen LogP contribution in [0.5, 0.6) is 5.75 Å². The average molecular weight is 233 g/mol. The third kappa shape index (κ3) is 3.47. The maximum absolute atomic E-state index is 9.69. The quantitative estimate of drug-likeness (QED) is 0.835. The molecule has 1 aromatic carbocycles. The first-order valence-corrected chi connectivity index (χ1v) is 6.77. The summed E-state index contributed by atoms with van der Waals surface area (Å²) >= 11 is 0. The van der Waals surface area contributed by atoms with Crippen molar-refractivity contribution in [3.05, 3.63) is 29.8 Å². The molecule has 17 heavy (non-hydrogen) atoms. The Morgan fingerprint density at radius 3 is 2.65 bits per heavy atom. The molecule has 0 bridgehead atoms. The van der Waals surface area contributed by atoms with Crippen LogP contribution < -0.4 is 5.32 Å². The van der Waals surface area contributed by atoms with Crippen LogP contribution in [-0.4, -0.2) is 11.1 Å². The van der Waals surface area contributed by atoms with Crippen LogP contribution in [0.1, 0.15) is 44.6 Å². The first kappa shape index (κ1) is 12.4. The van der Waals surface area contributed by atoms with Crippen LogP contribution in [0.25, 0.3) is 0 Å². The molecule has 2 rings (SSSR count). The number of aromatic hydroxyl groups is 1. The zero-order valence-corrected chi connectivity index (χ0v) is 10.7. The number of phenolic OH excluding ortho intramolecular Hbond substituents is 1. The molecule has 2 nitrogen and oxygen atoms in total. The van der Waals surface area contributed by atoms with E-state index >= 15 is 0 Å². The van der Waals surface area contributed by atoms with E-state index in [1.807, 2.05) is 18.2 Å². The summed E-state index contributed by atoms with van der Waals surface area (Å²) in [4.78, 5) is 0. The molecular formula is C15H23NO. The summed E-state index contributed by atoms with van der Waals surface area (Å²) in [6.45, 7) is 3.04. The minimum absolute atomic E-state index is 0.399. The number of hydrogen-bond acceptors (Lipinski definition) is 2. The van der Waals surface area contributed by atoms with Crippen molar-refractivity contribution in [3.63, 3.8) is 0 Å². The van der Waals surface area contributed by atoms with E-state index in [-0.39, 0.29) is 0 Å². The lowest BCUT2D eigenvalue weighted by molar-refractivity contribution is 0.280. The standard InChI is InChI=1S/C15H23NO/c1-12(13-7-3-2-4-8-13)16-11-14-9-5-6-10-15(14)17/h5-6,9-10,12-13,16-17H,2-4,7-8,11H2,1H3/t12-/m1/s1. The van der Waals surface area contributed by atoms with E-state index in [1.165, 1.54) is 32.1 Å². The maximum Gasteiger partial charge on any atom is 0.120 e. The molecule has 2 heteroatoms. The van der Waals surface area contributed by atoms with Gasteiger partial charge in [-0.05, 0) is 31.7 Å². The van der Waals surface area contributed by atoms with Gasteiger partial charge in [0.1, 0.15) is 5.75 Å². The van der Waals surface area contributed by atoms with Crippen LogP contribution in [0.3, 0.4) is 0 Å². The molecular weight excluding hydrogens is 210 g/mol. The van der Waals surface area contributed by atoms with E-state index < -0.39 is 0 Å². The summed E-state index contributed by atoms with van der Waals surface area (Å²) in [7, 11) is 0. The average Bonchev–Trinajstić information content (AvgIpc) is 2.38. The minimum Gasteiger partial charge on any atom is -0.508 e. The van der Waals surface area contributed by atoms with E-state index in [9.17, 15) is 5.11 Å². The van der Waals surface area contributed by atoms with E-state index in [2.05, 4.69) is 12.2 Å². The van der Waals surface area contributed by atoms with Crippen LogP contribution in [0.2, 0.25) is 0 Å². The zero-order chi connectivity index (χ0) is 12.1. The van der Waals surface area contributed by atoms with E-state index in [0.29, 0.717) is 11.8 Å². The molecule has 94 valence electrons. The Balaban J connectivity index is 1.83. The van der Waals surface area contributed by atoms with Crippen LogP contribution in [0.15, 0.2) is 24.3 Å². The monoisotopic (exact) mass is 233 g/mol. The van der Waals surface area contributed by atoms with Crippen LogP contribution in [0, 0.1) is 5.92 Å². The molecule has 0 aromatic heterocycles. The lowest BCUT2D eigenvalue weighted by Gasteiger charge is -2.28. The summed E-state index contributed by atoms with van der Waals surface area (Å²) < 4.78 is 0.